The van der Waals surface area contributed by atoms with Crippen LogP contribution >= 0.6 is 0 Å². The van der Waals surface area contributed by atoms with Crippen molar-refractivity contribution in [2.45, 2.75) is 13.8 Å². The summed E-state index contributed by atoms with van der Waals surface area (Å²) in [7, 11) is 19.7. The van der Waals surface area contributed by atoms with Crippen LogP contribution in [0, 0.1) is 13.8 Å². The number of ketones is 6. The Morgan fingerprint density at radius 3 is 0.878 bits per heavy atom. The first-order valence-corrected chi connectivity index (χ1v) is 27.3. The quantitative estimate of drug-likeness (QED) is 0.0437. The average molecular weight is 1120 g/mol. The van der Waals surface area contributed by atoms with Gasteiger partial charge < -0.3 is 61.7 Å². The minimum atomic E-state index is -0.489. The van der Waals surface area contributed by atoms with Crippen LogP contribution in [0.1, 0.15) is 107 Å². The lowest BCUT2D eigenvalue weighted by Crippen LogP contribution is -2.27. The molecule has 0 aliphatic heterocycles. The predicted molar refractivity (Wildman–Crippen MR) is 328 cm³/mol. The number of carbonyl (C=O) groups excluding carboxylic acids is 6. The average Bonchev–Trinajstić information content (AvgIpc) is 1.79. The molecule has 6 aromatic rings. The minimum Gasteiger partial charge on any atom is -0.507 e. The lowest BCUT2D eigenvalue weighted by atomic mass is 9.80. The highest BCUT2D eigenvalue weighted by molar-refractivity contribution is 6.34. The number of rotatable bonds is 18. The first-order valence-electron chi connectivity index (χ1n) is 27.3. The highest BCUT2D eigenvalue weighted by atomic mass is 16.3. The zero-order valence-electron chi connectivity index (χ0n) is 49.5. The minimum absolute atomic E-state index is 0.0383. The van der Waals surface area contributed by atoms with Crippen LogP contribution in [0.4, 0.5) is 22.7 Å². The summed E-state index contributed by atoms with van der Waals surface area (Å²) in [4.78, 5) is 88.4. The Labute approximate surface area is 482 Å². The number of phenols is 2. The maximum absolute atomic E-state index is 13.4. The SMILES string of the molecule is CN(C)CCN.CN(C)CCNc1ccc(O)c2c1C(=O)c1c(O)ccc(NCCN(C)C)c1C2=O.CN(C)CCNc1cccc2c1C(=O)c1cccc(NCCN(C)C)c1C2=O.Cc1cccc2c1C(=O)c1cccc(C)c1C2=O. The van der Waals surface area contributed by atoms with Crippen LogP contribution in [0.3, 0.4) is 0 Å². The number of aromatic hydroxyl groups is 2. The maximum Gasteiger partial charge on any atom is 0.200 e. The fourth-order valence-electron chi connectivity index (χ4n) is 9.70. The van der Waals surface area contributed by atoms with Crippen molar-refractivity contribution in [1.29, 1.82) is 0 Å². The molecule has 0 saturated carbocycles. The molecule has 0 atom stereocenters. The number of hydrogen-bond acceptors (Lipinski definition) is 18. The molecule has 18 heteroatoms. The Morgan fingerprint density at radius 1 is 0.329 bits per heavy atom. The van der Waals surface area contributed by atoms with E-state index >= 15 is 0 Å². The molecule has 18 nitrogen and oxygen atoms in total. The van der Waals surface area contributed by atoms with E-state index < -0.39 is 11.6 Å². The number of nitrogens with two attached hydrogens (primary N) is 1. The van der Waals surface area contributed by atoms with E-state index in [1.807, 2.05) is 143 Å². The van der Waals surface area contributed by atoms with Crippen LogP contribution in [0.25, 0.3) is 0 Å². The van der Waals surface area contributed by atoms with Gasteiger partial charge in [-0.1, -0.05) is 60.7 Å². The van der Waals surface area contributed by atoms with Gasteiger partial charge in [0, 0.05) is 122 Å². The summed E-state index contributed by atoms with van der Waals surface area (Å²) < 4.78 is 0. The van der Waals surface area contributed by atoms with E-state index in [9.17, 15) is 39.0 Å². The zero-order chi connectivity index (χ0) is 60.1. The Morgan fingerprint density at radius 2 is 0.598 bits per heavy atom. The molecule has 9 rings (SSSR count). The van der Waals surface area contributed by atoms with Gasteiger partial charge in [0.2, 0.25) is 11.6 Å². The first-order chi connectivity index (χ1) is 39.0. The first kappa shape index (κ1) is 63.1. The summed E-state index contributed by atoms with van der Waals surface area (Å²) in [5, 5.41) is 33.8. The van der Waals surface area contributed by atoms with Gasteiger partial charge in [-0.25, -0.2) is 0 Å². The Bertz CT molecular complexity index is 3140. The largest absolute Gasteiger partial charge is 0.507 e. The van der Waals surface area contributed by atoms with Crippen molar-refractivity contribution in [3.05, 3.63) is 175 Å². The number of aryl methyl sites for hydroxylation is 2. The van der Waals surface area contributed by atoms with E-state index in [4.69, 9.17) is 5.73 Å². The molecule has 0 bridgehead atoms. The van der Waals surface area contributed by atoms with E-state index in [0.717, 1.165) is 50.4 Å². The summed E-state index contributed by atoms with van der Waals surface area (Å²) in [6.45, 7) is 11.1. The second-order valence-electron chi connectivity index (χ2n) is 21.7. The van der Waals surface area contributed by atoms with Crippen LogP contribution in [0.15, 0.2) is 97.1 Å². The van der Waals surface area contributed by atoms with Gasteiger partial charge in [0.1, 0.15) is 11.5 Å². The van der Waals surface area contributed by atoms with Crippen LogP contribution in [0.5, 0.6) is 11.5 Å². The summed E-state index contributed by atoms with van der Waals surface area (Å²) in [5.41, 5.74) is 13.4. The number of likely N-dealkylation sites (N-methyl/N-ethyl adjacent to an activating group) is 5. The predicted octanol–water partition coefficient (Wildman–Crippen LogP) is 6.81. The van der Waals surface area contributed by atoms with Gasteiger partial charge in [-0.3, -0.25) is 28.8 Å². The highest BCUT2D eigenvalue weighted by Gasteiger charge is 2.39. The zero-order valence-corrected chi connectivity index (χ0v) is 49.5. The molecule has 0 unspecified atom stereocenters. The second kappa shape index (κ2) is 28.5. The third-order valence-corrected chi connectivity index (χ3v) is 13.9. The molecule has 434 valence electrons. The summed E-state index contributed by atoms with van der Waals surface area (Å²) >= 11 is 0. The van der Waals surface area contributed by atoms with Crippen molar-refractivity contribution in [3.8, 4) is 11.5 Å². The molecule has 0 radical (unpaired) electrons. The van der Waals surface area contributed by atoms with Gasteiger partial charge >= 0.3 is 0 Å². The molecule has 0 fully saturated rings. The molecule has 0 amide bonds. The molecule has 0 aromatic heterocycles. The van der Waals surface area contributed by atoms with E-state index in [1.165, 1.54) is 12.1 Å². The van der Waals surface area contributed by atoms with Crippen molar-refractivity contribution >= 4 is 57.4 Å². The topological polar surface area (TPSA) is 233 Å². The monoisotopic (exact) mass is 1120 g/mol. The number of benzene rings is 6. The van der Waals surface area contributed by atoms with Gasteiger partial charge in [-0.15, -0.1) is 0 Å². The van der Waals surface area contributed by atoms with Gasteiger partial charge in [-0.2, -0.15) is 0 Å². The molecule has 8 N–H and O–H groups in total. The third kappa shape index (κ3) is 14.7. The number of nitrogens with zero attached hydrogens (tertiary/aromatic N) is 5. The number of hydrogen-bond donors (Lipinski definition) is 7. The number of fused-ring (bicyclic) bond motifs is 6. The maximum atomic E-state index is 13.4. The van der Waals surface area contributed by atoms with Crippen molar-refractivity contribution < 1.29 is 39.0 Å². The number of phenolic OH excluding ortho intramolecular Hbond substituents is 2. The lowest BCUT2D eigenvalue weighted by Gasteiger charge is -2.25. The molecule has 82 heavy (non-hydrogen) atoms. The van der Waals surface area contributed by atoms with E-state index in [0.29, 0.717) is 93.4 Å². The van der Waals surface area contributed by atoms with Crippen LogP contribution in [-0.2, 0) is 0 Å². The molecule has 3 aliphatic carbocycles. The third-order valence-electron chi connectivity index (χ3n) is 13.9. The summed E-state index contributed by atoms with van der Waals surface area (Å²) in [6, 6.07) is 27.7. The second-order valence-corrected chi connectivity index (χ2v) is 21.7. The van der Waals surface area contributed by atoms with Crippen molar-refractivity contribution in [1.82, 2.24) is 24.5 Å². The van der Waals surface area contributed by atoms with Gasteiger partial charge in [0.25, 0.3) is 0 Å². The number of nitrogens with one attached hydrogen (secondary N) is 4. The Kier molecular flexibility index (Phi) is 22.0. The van der Waals surface area contributed by atoms with Crippen molar-refractivity contribution in [2.24, 2.45) is 5.73 Å². The number of carbonyl (C=O) groups is 6. The Hall–Kier alpha value is -8.10. The van der Waals surface area contributed by atoms with Gasteiger partial charge in [0.15, 0.2) is 23.1 Å². The molecule has 6 aromatic carbocycles. The van der Waals surface area contributed by atoms with Crippen LogP contribution in [-0.4, -0.2) is 205 Å². The molecular formula is C64H80N10O8. The fraction of sp³-hybridized carbons (Fsp3) is 0.344. The van der Waals surface area contributed by atoms with Crippen LogP contribution < -0.4 is 27.0 Å². The van der Waals surface area contributed by atoms with Crippen molar-refractivity contribution in [2.75, 3.05) is 157 Å². The molecular weight excluding hydrogens is 1040 g/mol. The van der Waals surface area contributed by atoms with E-state index in [-0.39, 0.29) is 56.9 Å². The molecule has 0 spiro atoms. The summed E-state index contributed by atoms with van der Waals surface area (Å²) in [6.07, 6.45) is 0. The van der Waals surface area contributed by atoms with Crippen LogP contribution in [0.2, 0.25) is 0 Å². The molecule has 3 aliphatic rings. The van der Waals surface area contributed by atoms with E-state index in [2.05, 4.69) is 36.0 Å². The standard InChI is InChI=1S/C22H28N4O4.C22H28N4O2.C16H12O2.C4H12N2/c1-25(2)11-9-23-13-5-7-15(27)19-17(13)21(29)20-16(28)8-6-14(18(20)22(19)30)24-10-12-26(3)4;1-25(2)13-11-23-17-9-5-7-15-19(17)21(27)16-8-6-10-18(20(16)22(15)28)24-12-14-26(3)4;1-9-5-3-7-11-13(9)15(17)12-8-4-6-10(2)14(12)16(11)18;1-6(2)4-3-5/h5-8,23-24,27-28H,9-12H2,1-4H3;5-10,23-24H,11-14H2,1-4H3;3-8H,1-2H3;3-5H2,1-2H3. The molecule has 0 saturated heterocycles. The Balaban J connectivity index is 0.000000193. The smallest absolute Gasteiger partial charge is 0.200 e. The van der Waals surface area contributed by atoms with Gasteiger partial charge in [0.05, 0.1) is 33.4 Å². The normalized spacial score (nSPS) is 12.8. The fourth-order valence-corrected chi connectivity index (χ4v) is 9.70. The number of anilines is 4. The lowest BCUT2D eigenvalue weighted by molar-refractivity contribution is 0.0975. The summed E-state index contributed by atoms with van der Waals surface area (Å²) in [5.74, 6) is -1.77. The molecule has 0 heterocycles. The van der Waals surface area contributed by atoms with Gasteiger partial charge in [-0.05, 0) is 132 Å². The van der Waals surface area contributed by atoms with E-state index in [1.54, 1.807) is 36.4 Å². The van der Waals surface area contributed by atoms with Crippen molar-refractivity contribution in [3.63, 3.8) is 0 Å². The highest BCUT2D eigenvalue weighted by Crippen LogP contribution is 2.43.